The Bertz CT molecular complexity index is 952. The maximum Gasteiger partial charge on any atom is 0.209 e. The average molecular weight is 434 g/mol. The van der Waals surface area contributed by atoms with Gasteiger partial charge >= 0.3 is 0 Å². The van der Waals surface area contributed by atoms with Gasteiger partial charge in [0.2, 0.25) is 5.69 Å². The molecule has 0 fully saturated rings. The first-order valence-corrected chi connectivity index (χ1v) is 12.3. The molecule has 0 radical (unpaired) electrons. The van der Waals surface area contributed by atoms with Gasteiger partial charge in [-0.15, -0.1) is 0 Å². The molecule has 32 heavy (non-hydrogen) atoms. The summed E-state index contributed by atoms with van der Waals surface area (Å²) in [5.74, 6) is 0. The molecule has 0 amide bonds. The molecular formula is C29H43N3+2. The second-order valence-corrected chi connectivity index (χ2v) is 9.87. The van der Waals surface area contributed by atoms with E-state index in [2.05, 4.69) is 119 Å². The fourth-order valence-corrected chi connectivity index (χ4v) is 5.15. The summed E-state index contributed by atoms with van der Waals surface area (Å²) >= 11 is 0. The number of benzene rings is 2. The lowest BCUT2D eigenvalue weighted by Gasteiger charge is -2.35. The predicted molar refractivity (Wildman–Crippen MR) is 140 cm³/mol. The fourth-order valence-electron chi connectivity index (χ4n) is 5.15. The SMILES string of the molecule is CC[N+](CC)(CC)CCC[N+]1=C(C=Cc2ccc(N(C)C)cc2)C(C)(C)c2ccccc21. The van der Waals surface area contributed by atoms with E-state index in [0.29, 0.717) is 0 Å². The van der Waals surface area contributed by atoms with Crippen molar-refractivity contribution in [3.63, 3.8) is 0 Å². The molecule has 1 heterocycles. The lowest BCUT2D eigenvalue weighted by Crippen LogP contribution is -2.48. The topological polar surface area (TPSA) is 6.25 Å². The van der Waals surface area contributed by atoms with Crippen LogP contribution in [0.1, 0.15) is 52.2 Å². The van der Waals surface area contributed by atoms with Gasteiger partial charge in [-0.25, -0.2) is 0 Å². The maximum atomic E-state index is 2.58. The van der Waals surface area contributed by atoms with E-state index in [1.807, 2.05) is 0 Å². The van der Waals surface area contributed by atoms with Crippen LogP contribution >= 0.6 is 0 Å². The van der Waals surface area contributed by atoms with E-state index in [0.717, 1.165) is 6.54 Å². The molecule has 0 spiro atoms. The number of para-hydroxylation sites is 1. The van der Waals surface area contributed by atoms with Gasteiger partial charge in [-0.1, -0.05) is 30.3 Å². The van der Waals surface area contributed by atoms with Crippen LogP contribution in [0.3, 0.4) is 0 Å². The number of quaternary nitrogens is 1. The Morgan fingerprint density at radius 2 is 1.50 bits per heavy atom. The summed E-state index contributed by atoms with van der Waals surface area (Å²) in [4.78, 5) is 2.14. The molecule has 1 aliphatic heterocycles. The van der Waals surface area contributed by atoms with E-state index in [1.165, 1.54) is 65.3 Å². The molecule has 3 heteroatoms. The second kappa shape index (κ2) is 10.0. The van der Waals surface area contributed by atoms with Crippen LogP contribution in [-0.2, 0) is 5.41 Å². The summed E-state index contributed by atoms with van der Waals surface area (Å²) < 4.78 is 3.79. The molecule has 0 bridgehead atoms. The largest absolute Gasteiger partial charge is 0.378 e. The molecule has 172 valence electrons. The first-order valence-electron chi connectivity index (χ1n) is 12.3. The summed E-state index contributed by atoms with van der Waals surface area (Å²) in [6, 6.07) is 17.8. The zero-order valence-electron chi connectivity index (χ0n) is 21.4. The minimum Gasteiger partial charge on any atom is -0.378 e. The van der Waals surface area contributed by atoms with Crippen molar-refractivity contribution in [2.75, 3.05) is 51.7 Å². The Kier molecular flexibility index (Phi) is 7.61. The molecular weight excluding hydrogens is 390 g/mol. The molecule has 0 aromatic heterocycles. The molecule has 0 N–H and O–H groups in total. The summed E-state index contributed by atoms with van der Waals surface area (Å²) in [7, 11) is 4.17. The van der Waals surface area contributed by atoms with Crippen LogP contribution in [0.2, 0.25) is 0 Å². The smallest absolute Gasteiger partial charge is 0.209 e. The third-order valence-corrected chi connectivity index (χ3v) is 7.67. The van der Waals surface area contributed by atoms with Crippen LogP contribution in [0.25, 0.3) is 6.08 Å². The highest BCUT2D eigenvalue weighted by atomic mass is 15.3. The van der Waals surface area contributed by atoms with Crippen molar-refractivity contribution in [1.82, 2.24) is 0 Å². The number of allylic oxidation sites excluding steroid dienone is 1. The van der Waals surface area contributed by atoms with Crippen LogP contribution in [0.4, 0.5) is 11.4 Å². The highest BCUT2D eigenvalue weighted by molar-refractivity contribution is 6.05. The quantitative estimate of drug-likeness (QED) is 0.324. The van der Waals surface area contributed by atoms with Gasteiger partial charge in [0.05, 0.1) is 38.0 Å². The van der Waals surface area contributed by atoms with E-state index in [-0.39, 0.29) is 5.41 Å². The Labute approximate surface area is 196 Å². The minimum absolute atomic E-state index is 0.00286. The van der Waals surface area contributed by atoms with Crippen LogP contribution in [0.5, 0.6) is 0 Å². The van der Waals surface area contributed by atoms with Crippen LogP contribution in [0, 0.1) is 0 Å². The number of nitrogens with zero attached hydrogens (tertiary/aromatic N) is 3. The predicted octanol–water partition coefficient (Wildman–Crippen LogP) is 6.11. The number of anilines is 1. The highest BCUT2D eigenvalue weighted by Gasteiger charge is 2.44. The van der Waals surface area contributed by atoms with Crippen molar-refractivity contribution >= 4 is 23.2 Å². The Balaban J connectivity index is 1.91. The molecule has 1 aliphatic rings. The molecule has 0 aliphatic carbocycles. The molecule has 0 unspecified atom stereocenters. The zero-order chi connectivity index (χ0) is 23.4. The van der Waals surface area contributed by atoms with Gasteiger partial charge < -0.3 is 9.38 Å². The van der Waals surface area contributed by atoms with Gasteiger partial charge in [0.1, 0.15) is 0 Å². The van der Waals surface area contributed by atoms with Gasteiger partial charge in [0.15, 0.2) is 12.3 Å². The molecule has 2 aromatic carbocycles. The van der Waals surface area contributed by atoms with Crippen molar-refractivity contribution in [2.45, 2.75) is 46.5 Å². The van der Waals surface area contributed by atoms with Gasteiger partial charge in [-0.3, -0.25) is 0 Å². The van der Waals surface area contributed by atoms with Gasteiger partial charge in [0.25, 0.3) is 0 Å². The molecule has 0 saturated heterocycles. The number of hydrogen-bond donors (Lipinski definition) is 0. The van der Waals surface area contributed by atoms with Crippen molar-refractivity contribution in [3.05, 3.63) is 65.7 Å². The zero-order valence-corrected chi connectivity index (χ0v) is 21.4. The van der Waals surface area contributed by atoms with Gasteiger partial charge in [0, 0.05) is 37.5 Å². The molecule has 0 saturated carbocycles. The number of rotatable bonds is 10. The lowest BCUT2D eigenvalue weighted by molar-refractivity contribution is -0.924. The minimum atomic E-state index is 0.00286. The molecule has 0 atom stereocenters. The monoisotopic (exact) mass is 433 g/mol. The molecule has 2 aromatic rings. The number of fused-ring (bicyclic) bond motifs is 1. The normalized spacial score (nSPS) is 15.5. The summed E-state index contributed by atoms with van der Waals surface area (Å²) in [5, 5.41) is 0. The van der Waals surface area contributed by atoms with E-state index in [4.69, 9.17) is 0 Å². The summed E-state index contributed by atoms with van der Waals surface area (Å²) in [6.45, 7) is 17.7. The second-order valence-electron chi connectivity index (χ2n) is 9.87. The van der Waals surface area contributed by atoms with E-state index in [9.17, 15) is 0 Å². The van der Waals surface area contributed by atoms with Crippen LogP contribution < -0.4 is 4.90 Å². The third-order valence-electron chi connectivity index (χ3n) is 7.67. The number of hydrogen-bond acceptors (Lipinski definition) is 1. The first kappa shape index (κ1) is 24.3. The summed E-state index contributed by atoms with van der Waals surface area (Å²) in [6.07, 6.45) is 5.83. The third kappa shape index (κ3) is 4.83. The highest BCUT2D eigenvalue weighted by Crippen LogP contribution is 2.40. The van der Waals surface area contributed by atoms with E-state index >= 15 is 0 Å². The van der Waals surface area contributed by atoms with Gasteiger partial charge in [-0.05, 0) is 58.4 Å². The van der Waals surface area contributed by atoms with E-state index < -0.39 is 0 Å². The van der Waals surface area contributed by atoms with Crippen LogP contribution in [0.15, 0.2) is 54.6 Å². The van der Waals surface area contributed by atoms with Crippen molar-refractivity contribution < 1.29 is 9.06 Å². The first-order chi connectivity index (χ1) is 15.3. The molecule has 3 rings (SSSR count). The van der Waals surface area contributed by atoms with Gasteiger partial charge in [-0.2, -0.15) is 4.58 Å². The molecule has 3 nitrogen and oxygen atoms in total. The lowest BCUT2D eigenvalue weighted by atomic mass is 9.81. The van der Waals surface area contributed by atoms with E-state index in [1.54, 1.807) is 0 Å². The Morgan fingerprint density at radius 1 is 0.875 bits per heavy atom. The van der Waals surface area contributed by atoms with Crippen LogP contribution in [-0.4, -0.2) is 61.6 Å². The van der Waals surface area contributed by atoms with Crippen molar-refractivity contribution in [1.29, 1.82) is 0 Å². The maximum absolute atomic E-state index is 2.58. The standard InChI is InChI=1S/C29H43N3/c1-8-32(9-2,10-3)23-13-22-31-27-15-12-11-14-26(27)29(4,5)28(31)21-18-24-16-19-25(20-17-24)30(6)7/h11-12,14-21H,8-10,13,22-23H2,1-7H3/q+2. The van der Waals surface area contributed by atoms with Crippen molar-refractivity contribution in [2.24, 2.45) is 0 Å². The fraction of sp³-hybridized carbons (Fsp3) is 0.483. The summed E-state index contributed by atoms with van der Waals surface area (Å²) in [5.41, 5.74) is 6.69. The Morgan fingerprint density at radius 3 is 2.09 bits per heavy atom. The van der Waals surface area contributed by atoms with Crippen molar-refractivity contribution in [3.8, 4) is 0 Å². The Hall–Kier alpha value is -2.39. The average Bonchev–Trinajstić information content (AvgIpc) is 3.02.